The number of benzene rings is 1. The van der Waals surface area contributed by atoms with Crippen LogP contribution in [-0.2, 0) is 0 Å². The predicted octanol–water partition coefficient (Wildman–Crippen LogP) is 4.54. The Morgan fingerprint density at radius 3 is 2.76 bits per heavy atom. The molecule has 1 aliphatic rings. The maximum atomic E-state index is 13.2. The van der Waals surface area contributed by atoms with Gasteiger partial charge in [-0.05, 0) is 31.0 Å². The summed E-state index contributed by atoms with van der Waals surface area (Å²) in [6, 6.07) is 9.27. The van der Waals surface area contributed by atoms with E-state index in [1.165, 1.54) is 4.52 Å². The highest BCUT2D eigenvalue weighted by molar-refractivity contribution is 6.35. The summed E-state index contributed by atoms with van der Waals surface area (Å²) in [6.07, 6.45) is 1.04. The molecule has 1 fully saturated rings. The van der Waals surface area contributed by atoms with E-state index in [2.05, 4.69) is 15.2 Å². The number of alkyl halides is 2. The van der Waals surface area contributed by atoms with Crippen LogP contribution in [0, 0.1) is 0 Å². The SMILES string of the molecule is FC(F)c1nc2c(-n3ncc4cccc(Cl)c43)ccc(C3CC3)n2n1. The van der Waals surface area contributed by atoms with Crippen LogP contribution in [0.15, 0.2) is 36.5 Å². The van der Waals surface area contributed by atoms with E-state index < -0.39 is 12.2 Å². The summed E-state index contributed by atoms with van der Waals surface area (Å²) >= 11 is 6.33. The van der Waals surface area contributed by atoms with Crippen LogP contribution in [0.25, 0.3) is 22.2 Å². The number of nitrogens with zero attached hydrogens (tertiary/aromatic N) is 5. The maximum absolute atomic E-state index is 13.2. The van der Waals surface area contributed by atoms with Gasteiger partial charge in [-0.3, -0.25) is 0 Å². The molecule has 1 aliphatic carbocycles. The Morgan fingerprint density at radius 2 is 2.00 bits per heavy atom. The average Bonchev–Trinajstić information content (AvgIpc) is 3.17. The van der Waals surface area contributed by atoms with E-state index in [0.29, 0.717) is 27.8 Å². The van der Waals surface area contributed by atoms with Crippen molar-refractivity contribution in [3.8, 4) is 5.69 Å². The molecule has 3 heterocycles. The zero-order valence-corrected chi connectivity index (χ0v) is 13.7. The highest BCUT2D eigenvalue weighted by atomic mass is 35.5. The number of halogens is 3. The summed E-state index contributed by atoms with van der Waals surface area (Å²) in [5.74, 6) is -0.126. The first-order chi connectivity index (χ1) is 12.1. The number of hydrogen-bond acceptors (Lipinski definition) is 3. The zero-order chi connectivity index (χ0) is 17.1. The smallest absolute Gasteiger partial charge is 0.228 e. The van der Waals surface area contributed by atoms with Crippen molar-refractivity contribution in [2.75, 3.05) is 0 Å². The number of hydrogen-bond donors (Lipinski definition) is 0. The summed E-state index contributed by atoms with van der Waals surface area (Å²) in [5, 5.41) is 9.81. The zero-order valence-electron chi connectivity index (χ0n) is 12.9. The van der Waals surface area contributed by atoms with Crippen molar-refractivity contribution in [1.82, 2.24) is 24.4 Å². The lowest BCUT2D eigenvalue weighted by Crippen LogP contribution is -2.04. The molecule has 0 saturated heterocycles. The van der Waals surface area contributed by atoms with Gasteiger partial charge in [0.25, 0.3) is 6.43 Å². The fourth-order valence-electron chi connectivity index (χ4n) is 3.15. The van der Waals surface area contributed by atoms with Crippen LogP contribution in [0.1, 0.15) is 36.7 Å². The number of rotatable bonds is 3. The van der Waals surface area contributed by atoms with E-state index >= 15 is 0 Å². The third-order valence-electron chi connectivity index (χ3n) is 4.47. The molecule has 0 radical (unpaired) electrons. The first-order valence-corrected chi connectivity index (χ1v) is 8.31. The lowest BCUT2D eigenvalue weighted by atomic mass is 10.2. The van der Waals surface area contributed by atoms with Gasteiger partial charge >= 0.3 is 0 Å². The van der Waals surface area contributed by atoms with Crippen molar-refractivity contribution in [2.24, 2.45) is 0 Å². The molecular formula is C17H12ClF2N5. The molecule has 3 aromatic heterocycles. The van der Waals surface area contributed by atoms with Crippen LogP contribution >= 0.6 is 11.6 Å². The number of pyridine rings is 1. The van der Waals surface area contributed by atoms with E-state index in [1.54, 1.807) is 16.9 Å². The fourth-order valence-corrected chi connectivity index (χ4v) is 3.41. The second kappa shape index (κ2) is 5.23. The van der Waals surface area contributed by atoms with Crippen LogP contribution in [0.3, 0.4) is 0 Å². The van der Waals surface area contributed by atoms with Gasteiger partial charge in [-0.15, -0.1) is 5.10 Å². The predicted molar refractivity (Wildman–Crippen MR) is 89.6 cm³/mol. The topological polar surface area (TPSA) is 48.0 Å². The molecule has 5 rings (SSSR count). The molecule has 0 unspecified atom stereocenters. The summed E-state index contributed by atoms with van der Waals surface area (Å²) in [7, 11) is 0. The monoisotopic (exact) mass is 359 g/mol. The van der Waals surface area contributed by atoms with E-state index in [4.69, 9.17) is 11.6 Å². The van der Waals surface area contributed by atoms with Gasteiger partial charge in [0.05, 0.1) is 16.7 Å². The molecule has 4 aromatic rings. The average molecular weight is 360 g/mol. The molecule has 8 heteroatoms. The third kappa shape index (κ3) is 2.22. The lowest BCUT2D eigenvalue weighted by molar-refractivity contribution is 0.140. The van der Waals surface area contributed by atoms with Crippen LogP contribution in [-0.4, -0.2) is 24.4 Å². The van der Waals surface area contributed by atoms with Crippen LogP contribution in [0.5, 0.6) is 0 Å². The molecule has 0 amide bonds. The fraction of sp³-hybridized carbons (Fsp3) is 0.235. The van der Waals surface area contributed by atoms with Crippen molar-refractivity contribution < 1.29 is 8.78 Å². The molecule has 0 N–H and O–H groups in total. The van der Waals surface area contributed by atoms with Crippen molar-refractivity contribution in [2.45, 2.75) is 25.2 Å². The summed E-state index contributed by atoms with van der Waals surface area (Å²) in [6.45, 7) is 0. The summed E-state index contributed by atoms with van der Waals surface area (Å²) in [5.41, 5.74) is 2.56. The van der Waals surface area contributed by atoms with E-state index in [-0.39, 0.29) is 0 Å². The maximum Gasteiger partial charge on any atom is 0.299 e. The van der Waals surface area contributed by atoms with Gasteiger partial charge < -0.3 is 0 Å². The van der Waals surface area contributed by atoms with Crippen molar-refractivity contribution >= 4 is 28.2 Å². The van der Waals surface area contributed by atoms with Gasteiger partial charge in [-0.1, -0.05) is 23.7 Å². The number of aromatic nitrogens is 5. The second-order valence-corrected chi connectivity index (χ2v) is 6.57. The minimum atomic E-state index is -2.72. The van der Waals surface area contributed by atoms with Gasteiger partial charge in [0.1, 0.15) is 5.69 Å². The highest BCUT2D eigenvalue weighted by Gasteiger charge is 2.29. The van der Waals surface area contributed by atoms with Gasteiger partial charge in [-0.2, -0.15) is 5.10 Å². The van der Waals surface area contributed by atoms with Crippen LogP contribution in [0.2, 0.25) is 5.02 Å². The Balaban J connectivity index is 1.82. The Morgan fingerprint density at radius 1 is 1.16 bits per heavy atom. The molecule has 126 valence electrons. The van der Waals surface area contributed by atoms with E-state index in [1.807, 2.05) is 24.3 Å². The Bertz CT molecular complexity index is 1110. The molecular weight excluding hydrogens is 348 g/mol. The lowest BCUT2D eigenvalue weighted by Gasteiger charge is -2.09. The van der Waals surface area contributed by atoms with Crippen LogP contribution in [0.4, 0.5) is 8.78 Å². The summed E-state index contributed by atoms with van der Waals surface area (Å²) in [4.78, 5) is 4.07. The minimum absolute atomic E-state index is 0.349. The molecule has 0 atom stereocenters. The quantitative estimate of drug-likeness (QED) is 0.539. The van der Waals surface area contributed by atoms with Crippen molar-refractivity contribution in [3.05, 3.63) is 53.1 Å². The number of fused-ring (bicyclic) bond motifs is 2. The van der Waals surface area contributed by atoms with Crippen molar-refractivity contribution in [3.63, 3.8) is 0 Å². The Kier molecular flexibility index (Phi) is 3.09. The second-order valence-electron chi connectivity index (χ2n) is 6.16. The molecule has 5 nitrogen and oxygen atoms in total. The molecule has 0 bridgehead atoms. The third-order valence-corrected chi connectivity index (χ3v) is 4.78. The summed E-state index contributed by atoms with van der Waals surface area (Å²) < 4.78 is 29.5. The molecule has 1 saturated carbocycles. The van der Waals surface area contributed by atoms with Gasteiger partial charge in [0.15, 0.2) is 5.65 Å². The largest absolute Gasteiger partial charge is 0.299 e. The highest BCUT2D eigenvalue weighted by Crippen LogP contribution is 2.41. The van der Waals surface area contributed by atoms with Gasteiger partial charge in [-0.25, -0.2) is 23.0 Å². The van der Waals surface area contributed by atoms with Crippen LogP contribution < -0.4 is 0 Å². The molecule has 0 spiro atoms. The molecule has 1 aromatic carbocycles. The molecule has 0 aliphatic heterocycles. The normalized spacial score (nSPS) is 14.9. The first-order valence-electron chi connectivity index (χ1n) is 7.94. The Hall–Kier alpha value is -2.54. The van der Waals surface area contributed by atoms with E-state index in [9.17, 15) is 8.78 Å². The van der Waals surface area contributed by atoms with E-state index in [0.717, 1.165) is 23.9 Å². The van der Waals surface area contributed by atoms with Crippen molar-refractivity contribution in [1.29, 1.82) is 0 Å². The first kappa shape index (κ1) is 14.8. The Labute approximate surface area is 145 Å². The minimum Gasteiger partial charge on any atom is -0.228 e. The van der Waals surface area contributed by atoms with Gasteiger partial charge in [0.2, 0.25) is 5.82 Å². The standard InChI is InChI=1S/C17H12ClF2N5/c18-11-3-1-2-10-8-21-24(14(10)11)13-7-6-12(9-4-5-9)25-17(13)22-16(23-25)15(19)20/h1-3,6-9,15H,4-5H2. The van der Waals surface area contributed by atoms with Gasteiger partial charge in [0, 0.05) is 17.0 Å². The molecule has 25 heavy (non-hydrogen) atoms. The number of para-hydroxylation sites is 1.